The summed E-state index contributed by atoms with van der Waals surface area (Å²) >= 11 is 2.04. The molecule has 2 heterocycles. The van der Waals surface area contributed by atoms with Crippen molar-refractivity contribution in [1.29, 1.82) is 0 Å². The average Bonchev–Trinajstić information content (AvgIpc) is 2.81. The predicted molar refractivity (Wildman–Crippen MR) is 73.2 cm³/mol. The van der Waals surface area contributed by atoms with Crippen molar-refractivity contribution in [3.05, 3.63) is 18.0 Å². The van der Waals surface area contributed by atoms with Gasteiger partial charge >= 0.3 is 0 Å². The highest BCUT2D eigenvalue weighted by Gasteiger charge is 2.27. The van der Waals surface area contributed by atoms with Crippen LogP contribution in [-0.4, -0.2) is 45.3 Å². The summed E-state index contributed by atoms with van der Waals surface area (Å²) in [7, 11) is 0. The van der Waals surface area contributed by atoms with E-state index in [0.29, 0.717) is 18.6 Å². The Morgan fingerprint density at radius 1 is 1.65 bits per heavy atom. The quantitative estimate of drug-likeness (QED) is 0.881. The van der Waals surface area contributed by atoms with Gasteiger partial charge in [-0.3, -0.25) is 9.58 Å². The van der Waals surface area contributed by atoms with Gasteiger partial charge in [-0.05, 0) is 13.8 Å². The van der Waals surface area contributed by atoms with Gasteiger partial charge in [-0.1, -0.05) is 0 Å². The van der Waals surface area contributed by atoms with E-state index in [1.807, 2.05) is 22.6 Å². The fourth-order valence-electron chi connectivity index (χ4n) is 2.39. The molecule has 0 aliphatic carbocycles. The molecule has 2 unspecified atom stereocenters. The van der Waals surface area contributed by atoms with Crippen LogP contribution in [0.3, 0.4) is 0 Å². The molecule has 4 nitrogen and oxygen atoms in total. The fraction of sp³-hybridized carbons (Fsp3) is 0.750. The maximum Gasteiger partial charge on any atom is 0.0538 e. The largest absolute Gasteiger partial charge is 0.329 e. The van der Waals surface area contributed by atoms with Crippen molar-refractivity contribution in [2.75, 3.05) is 24.6 Å². The lowest BCUT2D eigenvalue weighted by Crippen LogP contribution is -2.45. The average molecular weight is 254 g/mol. The molecular formula is C12H22N4S. The smallest absolute Gasteiger partial charge is 0.0538 e. The summed E-state index contributed by atoms with van der Waals surface area (Å²) in [6, 6.07) is 0.929. The van der Waals surface area contributed by atoms with Crippen LogP contribution in [0.4, 0.5) is 0 Å². The van der Waals surface area contributed by atoms with Crippen LogP contribution in [0, 0.1) is 0 Å². The summed E-state index contributed by atoms with van der Waals surface area (Å²) in [6.45, 7) is 7.12. The van der Waals surface area contributed by atoms with E-state index in [-0.39, 0.29) is 0 Å². The van der Waals surface area contributed by atoms with E-state index in [9.17, 15) is 0 Å². The highest BCUT2D eigenvalue weighted by Crippen LogP contribution is 2.26. The number of rotatable bonds is 4. The number of aromatic nitrogens is 2. The Bertz CT molecular complexity index is 352. The van der Waals surface area contributed by atoms with Gasteiger partial charge in [-0.25, -0.2) is 0 Å². The Morgan fingerprint density at radius 3 is 3.06 bits per heavy atom. The van der Waals surface area contributed by atoms with Gasteiger partial charge in [0.05, 0.1) is 12.2 Å². The molecule has 0 bridgehead atoms. The van der Waals surface area contributed by atoms with Crippen molar-refractivity contribution in [3.8, 4) is 0 Å². The fourth-order valence-corrected chi connectivity index (χ4v) is 3.43. The third-order valence-corrected chi connectivity index (χ3v) is 4.59. The lowest BCUT2D eigenvalue weighted by molar-refractivity contribution is 0.166. The Kier molecular flexibility index (Phi) is 4.48. The Hall–Kier alpha value is -0.520. The van der Waals surface area contributed by atoms with Crippen LogP contribution in [0.5, 0.6) is 0 Å². The molecule has 5 heteroatoms. The zero-order chi connectivity index (χ0) is 12.3. The molecule has 2 atom stereocenters. The first-order valence-electron chi connectivity index (χ1n) is 6.32. The van der Waals surface area contributed by atoms with Crippen LogP contribution in [-0.2, 0) is 6.54 Å². The van der Waals surface area contributed by atoms with Crippen molar-refractivity contribution in [2.45, 2.75) is 32.5 Å². The normalized spacial score (nSPS) is 23.8. The summed E-state index contributed by atoms with van der Waals surface area (Å²) in [5, 5.41) is 4.35. The molecule has 2 rings (SSSR count). The molecule has 96 valence electrons. The van der Waals surface area contributed by atoms with E-state index in [2.05, 4.69) is 30.0 Å². The zero-order valence-electron chi connectivity index (χ0n) is 10.7. The van der Waals surface area contributed by atoms with Crippen molar-refractivity contribution >= 4 is 11.8 Å². The molecule has 0 aromatic carbocycles. The summed E-state index contributed by atoms with van der Waals surface area (Å²) < 4.78 is 1.97. The molecule has 1 aliphatic rings. The maximum absolute atomic E-state index is 5.96. The van der Waals surface area contributed by atoms with Crippen molar-refractivity contribution in [3.63, 3.8) is 0 Å². The minimum atomic E-state index is 0.325. The van der Waals surface area contributed by atoms with E-state index in [1.165, 1.54) is 17.1 Å². The minimum Gasteiger partial charge on any atom is -0.329 e. The molecule has 0 spiro atoms. The van der Waals surface area contributed by atoms with Gasteiger partial charge in [0.15, 0.2) is 0 Å². The third-order valence-electron chi connectivity index (χ3n) is 3.40. The molecule has 0 amide bonds. The van der Waals surface area contributed by atoms with E-state index in [1.54, 1.807) is 0 Å². The molecule has 0 radical (unpaired) electrons. The minimum absolute atomic E-state index is 0.325. The molecule has 1 fully saturated rings. The third kappa shape index (κ3) is 2.84. The van der Waals surface area contributed by atoms with E-state index in [0.717, 1.165) is 13.1 Å². The molecule has 1 aromatic heterocycles. The van der Waals surface area contributed by atoms with Crippen LogP contribution < -0.4 is 5.73 Å². The monoisotopic (exact) mass is 254 g/mol. The van der Waals surface area contributed by atoms with E-state index >= 15 is 0 Å². The molecular weight excluding hydrogens is 232 g/mol. The van der Waals surface area contributed by atoms with Gasteiger partial charge in [-0.15, -0.1) is 0 Å². The second kappa shape index (κ2) is 5.89. The molecule has 17 heavy (non-hydrogen) atoms. The molecule has 1 aromatic rings. The highest BCUT2D eigenvalue weighted by atomic mass is 32.2. The summed E-state index contributed by atoms with van der Waals surface area (Å²) in [5.74, 6) is 2.42. The van der Waals surface area contributed by atoms with Crippen LogP contribution in [0.1, 0.15) is 25.5 Å². The first kappa shape index (κ1) is 12.9. The number of thioether (sulfide) groups is 1. The van der Waals surface area contributed by atoms with Crippen LogP contribution in [0.25, 0.3) is 0 Å². The number of hydrogen-bond donors (Lipinski definition) is 1. The lowest BCUT2D eigenvalue weighted by Gasteiger charge is -2.38. The van der Waals surface area contributed by atoms with Crippen molar-refractivity contribution in [1.82, 2.24) is 14.7 Å². The maximum atomic E-state index is 5.96. The van der Waals surface area contributed by atoms with Gasteiger partial charge in [0.2, 0.25) is 0 Å². The predicted octanol–water partition coefficient (Wildman–Crippen LogP) is 1.34. The second-order valence-electron chi connectivity index (χ2n) is 4.54. The van der Waals surface area contributed by atoms with Gasteiger partial charge in [0, 0.05) is 48.9 Å². The summed E-state index contributed by atoms with van der Waals surface area (Å²) in [5.41, 5.74) is 7.22. The van der Waals surface area contributed by atoms with E-state index < -0.39 is 0 Å². The molecule has 0 saturated carbocycles. The topological polar surface area (TPSA) is 47.1 Å². The summed E-state index contributed by atoms with van der Waals surface area (Å²) in [6.07, 6.45) is 4.10. The lowest BCUT2D eigenvalue weighted by atomic mass is 10.1. The Labute approximate surface area is 108 Å². The van der Waals surface area contributed by atoms with Gasteiger partial charge in [0.1, 0.15) is 0 Å². The Morgan fingerprint density at radius 2 is 2.47 bits per heavy atom. The Balaban J connectivity index is 2.14. The molecule has 2 N–H and O–H groups in total. The standard InChI is InChI=1S/C12H22N4S/c1-3-15-8-11(7-14-15)12(6-13)16-4-5-17-9-10(16)2/h7-8,10,12H,3-6,9,13H2,1-2H3. The van der Waals surface area contributed by atoms with Crippen molar-refractivity contribution in [2.24, 2.45) is 5.73 Å². The highest BCUT2D eigenvalue weighted by molar-refractivity contribution is 7.99. The first-order valence-corrected chi connectivity index (χ1v) is 7.47. The van der Waals surface area contributed by atoms with Gasteiger partial charge in [-0.2, -0.15) is 16.9 Å². The molecule has 1 saturated heterocycles. The number of aryl methyl sites for hydroxylation is 1. The number of nitrogens with zero attached hydrogens (tertiary/aromatic N) is 3. The van der Waals surface area contributed by atoms with Crippen molar-refractivity contribution < 1.29 is 0 Å². The number of nitrogens with two attached hydrogens (primary N) is 1. The van der Waals surface area contributed by atoms with Crippen LogP contribution in [0.15, 0.2) is 12.4 Å². The second-order valence-corrected chi connectivity index (χ2v) is 5.69. The van der Waals surface area contributed by atoms with E-state index in [4.69, 9.17) is 5.73 Å². The van der Waals surface area contributed by atoms with Gasteiger partial charge < -0.3 is 5.73 Å². The SMILES string of the molecule is CCn1cc(C(CN)N2CCSCC2C)cn1. The van der Waals surface area contributed by atoms with Crippen LogP contribution >= 0.6 is 11.8 Å². The molecule has 1 aliphatic heterocycles. The first-order chi connectivity index (χ1) is 8.26. The van der Waals surface area contributed by atoms with Gasteiger partial charge in [0.25, 0.3) is 0 Å². The van der Waals surface area contributed by atoms with Crippen LogP contribution in [0.2, 0.25) is 0 Å². The zero-order valence-corrected chi connectivity index (χ0v) is 11.5. The summed E-state index contributed by atoms with van der Waals surface area (Å²) in [4.78, 5) is 2.52. The number of hydrogen-bond acceptors (Lipinski definition) is 4.